The molecule has 1 atom stereocenters. The van der Waals surface area contributed by atoms with Crippen LogP contribution in [0.3, 0.4) is 0 Å². The molecule has 9 aromatic carbocycles. The molecule has 2 aliphatic carbocycles. The SMILES string of the molecule is [2H]c1c([2H])c([2H])c2c(c1[2H])-c1c([2H])c([2H])c(N(c3ccc4oc5ccccc5c4c3)c3c([2H])c([2H])c4c(c3[2H])C(c3ccccc3)(c3ccccc3)c3c([2H])c([2H])c([2H])c([2H])c3-4)c([2H])c1C2(C)c1ccccc1. The van der Waals surface area contributed by atoms with Crippen LogP contribution in [0.15, 0.2) is 222 Å². The normalized spacial score (nSPS) is 19.1. The average Bonchev–Trinajstić information content (AvgIpc) is 4.05. The molecule has 0 aliphatic heterocycles. The molecule has 278 valence electrons. The third-order valence-corrected chi connectivity index (χ3v) is 12.1. The molecule has 59 heavy (non-hydrogen) atoms. The zero-order valence-electron chi connectivity index (χ0n) is 45.6. The summed E-state index contributed by atoms with van der Waals surface area (Å²) >= 11 is 0. The Morgan fingerprint density at radius 1 is 0.424 bits per heavy atom. The van der Waals surface area contributed by atoms with Crippen LogP contribution in [0.1, 0.15) is 65.1 Å². The van der Waals surface area contributed by atoms with Crippen molar-refractivity contribution in [1.29, 1.82) is 0 Å². The summed E-state index contributed by atoms with van der Waals surface area (Å²) in [7, 11) is 0. The molecule has 2 nitrogen and oxygen atoms in total. The van der Waals surface area contributed by atoms with Crippen LogP contribution in [0.25, 0.3) is 44.2 Å². The highest BCUT2D eigenvalue weighted by molar-refractivity contribution is 6.06. The summed E-state index contributed by atoms with van der Waals surface area (Å²) in [4.78, 5) is 1.37. The van der Waals surface area contributed by atoms with Gasteiger partial charge in [0.15, 0.2) is 0 Å². The number of nitrogens with zero attached hydrogens (tertiary/aromatic N) is 1. The van der Waals surface area contributed by atoms with Crippen LogP contribution in [0.5, 0.6) is 0 Å². The second-order valence-electron chi connectivity index (χ2n) is 15.0. The minimum absolute atomic E-state index is 0.00901. The fourth-order valence-electron chi connectivity index (χ4n) is 9.36. The molecule has 1 aromatic heterocycles. The van der Waals surface area contributed by atoms with Gasteiger partial charge in [-0.15, -0.1) is 0 Å². The highest BCUT2D eigenvalue weighted by Crippen LogP contribution is 2.58. The van der Waals surface area contributed by atoms with Crippen molar-refractivity contribution >= 4 is 39.0 Å². The number of hydrogen-bond donors (Lipinski definition) is 0. The maximum Gasteiger partial charge on any atom is 0.135 e. The fraction of sp³-hybridized carbons (Fsp3) is 0.0526. The second-order valence-corrected chi connectivity index (χ2v) is 15.0. The Balaban J connectivity index is 1.28. The van der Waals surface area contributed by atoms with Gasteiger partial charge in [0.25, 0.3) is 0 Å². The lowest BCUT2D eigenvalue weighted by molar-refractivity contribution is 0.669. The smallest absolute Gasteiger partial charge is 0.135 e. The maximum atomic E-state index is 10.8. The van der Waals surface area contributed by atoms with Crippen molar-refractivity contribution in [2.75, 3.05) is 4.90 Å². The first kappa shape index (κ1) is 22.5. The van der Waals surface area contributed by atoms with E-state index in [1.165, 1.54) is 4.90 Å². The molecule has 10 aromatic rings. The van der Waals surface area contributed by atoms with Crippen LogP contribution in [-0.4, -0.2) is 0 Å². The summed E-state index contributed by atoms with van der Waals surface area (Å²) in [5, 5.41) is 1.30. The van der Waals surface area contributed by atoms with E-state index in [1.54, 1.807) is 116 Å². The van der Waals surface area contributed by atoms with Gasteiger partial charge in [-0.1, -0.05) is 170 Å². The molecule has 0 saturated carbocycles. The molecular weight excluding hydrogens is 715 g/mol. The van der Waals surface area contributed by atoms with E-state index in [4.69, 9.17) is 9.90 Å². The summed E-state index contributed by atoms with van der Waals surface area (Å²) in [5.41, 5.74) is -0.777. The number of benzene rings is 9. The first-order chi connectivity index (χ1) is 35.0. The van der Waals surface area contributed by atoms with Crippen molar-refractivity contribution in [2.45, 2.75) is 17.8 Å². The van der Waals surface area contributed by atoms with Crippen molar-refractivity contribution in [3.05, 3.63) is 257 Å². The van der Waals surface area contributed by atoms with E-state index in [0.717, 1.165) is 0 Å². The van der Waals surface area contributed by atoms with Crippen LogP contribution < -0.4 is 4.90 Å². The van der Waals surface area contributed by atoms with Gasteiger partial charge in [-0.3, -0.25) is 0 Å². The Morgan fingerprint density at radius 2 is 0.932 bits per heavy atom. The lowest BCUT2D eigenvalue weighted by atomic mass is 9.67. The molecule has 0 radical (unpaired) electrons. The Bertz CT molecular complexity index is 4010. The van der Waals surface area contributed by atoms with E-state index in [9.17, 15) is 13.7 Å². The summed E-state index contributed by atoms with van der Waals surface area (Å²) < 4.78 is 141. The third kappa shape index (κ3) is 4.75. The van der Waals surface area contributed by atoms with Crippen LogP contribution in [0, 0.1) is 0 Å². The predicted molar refractivity (Wildman–Crippen MR) is 243 cm³/mol. The number of anilines is 3. The zero-order valence-corrected chi connectivity index (χ0v) is 31.6. The van der Waals surface area contributed by atoms with Gasteiger partial charge < -0.3 is 9.32 Å². The van der Waals surface area contributed by atoms with Gasteiger partial charge in [-0.25, -0.2) is 0 Å². The summed E-state index contributed by atoms with van der Waals surface area (Å²) in [6, 6.07) is 32.6. The molecule has 2 aliphatic rings. The molecular formula is C57H39NO. The number of furan rings is 1. The van der Waals surface area contributed by atoms with Crippen molar-refractivity contribution in [1.82, 2.24) is 0 Å². The summed E-state index contributed by atoms with van der Waals surface area (Å²) in [5.74, 6) is 0. The zero-order chi connectivity index (χ0) is 51.3. The Kier molecular flexibility index (Phi) is 4.88. The van der Waals surface area contributed by atoms with E-state index >= 15 is 0 Å². The van der Waals surface area contributed by atoms with E-state index in [1.807, 2.05) is 24.3 Å². The Labute approximate surface area is 364 Å². The average molecular weight is 768 g/mol. The van der Waals surface area contributed by atoms with E-state index in [0.29, 0.717) is 38.6 Å². The lowest BCUT2D eigenvalue weighted by Crippen LogP contribution is -2.28. The van der Waals surface area contributed by atoms with Gasteiger partial charge in [0.2, 0.25) is 0 Å². The van der Waals surface area contributed by atoms with Crippen molar-refractivity contribution < 1.29 is 23.6 Å². The standard InChI is InChI=1S/C57H39NO/c1-56(38-17-5-2-6-18-38)50-26-14-11-23-44(50)46-32-29-42(36-52(46)56)58(41-31-34-55-49(35-41)48-25-13-16-28-54(48)59-55)43-30-33-47-45-24-12-15-27-51(45)57(53(47)37-43,39-19-7-3-8-20-39)40-21-9-4-10-22-40/h2-37H,1H3/i11D,12D,14D,15D,23D,24D,26D,27D,29D,30D,32D,33D,36D,37D. The van der Waals surface area contributed by atoms with E-state index < -0.39 is 83.3 Å². The number of para-hydroxylation sites is 1. The van der Waals surface area contributed by atoms with Crippen LogP contribution in [0.2, 0.25) is 0 Å². The first-order valence-corrected chi connectivity index (χ1v) is 19.4. The van der Waals surface area contributed by atoms with Gasteiger partial charge >= 0.3 is 0 Å². The topological polar surface area (TPSA) is 16.4 Å². The predicted octanol–water partition coefficient (Wildman–Crippen LogP) is 14.8. The van der Waals surface area contributed by atoms with E-state index in [-0.39, 0.29) is 73.7 Å². The molecule has 0 spiro atoms. The lowest BCUT2D eigenvalue weighted by Gasteiger charge is -2.35. The molecule has 0 amide bonds. The van der Waals surface area contributed by atoms with Crippen LogP contribution >= 0.6 is 0 Å². The summed E-state index contributed by atoms with van der Waals surface area (Å²) in [6.45, 7) is 1.73. The molecule has 2 heteroatoms. The highest BCUT2D eigenvalue weighted by Gasteiger charge is 2.46. The molecule has 1 heterocycles. The minimum atomic E-state index is -1.72. The van der Waals surface area contributed by atoms with Gasteiger partial charge in [-0.05, 0) is 117 Å². The Hall–Kier alpha value is -7.42. The Morgan fingerprint density at radius 3 is 1.61 bits per heavy atom. The second kappa shape index (κ2) is 12.8. The largest absolute Gasteiger partial charge is 0.456 e. The fourth-order valence-corrected chi connectivity index (χ4v) is 9.36. The molecule has 1 unspecified atom stereocenters. The van der Waals surface area contributed by atoms with Crippen molar-refractivity contribution in [3.63, 3.8) is 0 Å². The summed E-state index contributed by atoms with van der Waals surface area (Å²) in [6.07, 6.45) is 0. The van der Waals surface area contributed by atoms with Crippen molar-refractivity contribution in [3.8, 4) is 22.3 Å². The van der Waals surface area contributed by atoms with Crippen LogP contribution in [0.4, 0.5) is 17.1 Å². The van der Waals surface area contributed by atoms with Gasteiger partial charge in [0, 0.05) is 33.2 Å². The van der Waals surface area contributed by atoms with E-state index in [2.05, 4.69) is 0 Å². The minimum Gasteiger partial charge on any atom is -0.456 e. The monoisotopic (exact) mass is 767 g/mol. The first-order valence-electron chi connectivity index (χ1n) is 26.4. The van der Waals surface area contributed by atoms with Gasteiger partial charge in [0.05, 0.1) is 24.6 Å². The molecule has 12 rings (SSSR count). The third-order valence-electron chi connectivity index (χ3n) is 12.1. The van der Waals surface area contributed by atoms with Crippen LogP contribution in [-0.2, 0) is 10.8 Å². The number of hydrogen-bond acceptors (Lipinski definition) is 2. The van der Waals surface area contributed by atoms with Gasteiger partial charge in [0.1, 0.15) is 11.2 Å². The highest BCUT2D eigenvalue weighted by atomic mass is 16.3. The van der Waals surface area contributed by atoms with Crippen molar-refractivity contribution in [2.24, 2.45) is 0 Å². The number of fused-ring (bicyclic) bond motifs is 9. The molecule has 0 fully saturated rings. The molecule has 0 N–H and O–H groups in total. The van der Waals surface area contributed by atoms with Gasteiger partial charge in [-0.2, -0.15) is 0 Å². The maximum absolute atomic E-state index is 10.8. The molecule has 0 bridgehead atoms. The molecule has 0 saturated heterocycles. The quantitative estimate of drug-likeness (QED) is 0.168. The number of rotatable bonds is 6.